The smallest absolute Gasteiger partial charge is 0.224 e. The van der Waals surface area contributed by atoms with Crippen molar-refractivity contribution in [3.63, 3.8) is 0 Å². The molecule has 5 heteroatoms. The maximum absolute atomic E-state index is 12.0. The Bertz CT molecular complexity index is 451. The molecule has 0 saturated heterocycles. The van der Waals surface area contributed by atoms with Crippen molar-refractivity contribution in [2.45, 2.75) is 33.1 Å². The summed E-state index contributed by atoms with van der Waals surface area (Å²) in [6.45, 7) is 5.02. The SMILES string of the molecule is CC(C)C(CCN)CCC(=O)Nc1cccc(Cl)c1Br. The van der Waals surface area contributed by atoms with Gasteiger partial charge in [0.25, 0.3) is 0 Å². The molecule has 3 N–H and O–H groups in total. The Kier molecular flexibility index (Phi) is 7.56. The zero-order chi connectivity index (χ0) is 15.1. The number of nitrogens with two attached hydrogens (primary N) is 1. The van der Waals surface area contributed by atoms with Crippen LogP contribution in [0.5, 0.6) is 0 Å². The van der Waals surface area contributed by atoms with E-state index >= 15 is 0 Å². The van der Waals surface area contributed by atoms with Crippen LogP contribution < -0.4 is 11.1 Å². The lowest BCUT2D eigenvalue weighted by Gasteiger charge is -2.19. The van der Waals surface area contributed by atoms with Gasteiger partial charge < -0.3 is 11.1 Å². The van der Waals surface area contributed by atoms with Gasteiger partial charge in [-0.2, -0.15) is 0 Å². The van der Waals surface area contributed by atoms with Crippen LogP contribution in [-0.4, -0.2) is 12.5 Å². The Morgan fingerprint density at radius 1 is 1.40 bits per heavy atom. The molecule has 0 aliphatic heterocycles. The summed E-state index contributed by atoms with van der Waals surface area (Å²) < 4.78 is 0.720. The van der Waals surface area contributed by atoms with Crippen LogP contribution in [0.2, 0.25) is 5.02 Å². The van der Waals surface area contributed by atoms with Gasteiger partial charge in [0.05, 0.1) is 15.2 Å². The normalized spacial score (nSPS) is 12.5. The number of benzene rings is 1. The van der Waals surface area contributed by atoms with E-state index in [1.54, 1.807) is 6.07 Å². The lowest BCUT2D eigenvalue weighted by Crippen LogP contribution is -2.18. The summed E-state index contributed by atoms with van der Waals surface area (Å²) in [5.41, 5.74) is 6.32. The molecule has 0 aromatic heterocycles. The average molecular weight is 362 g/mol. The summed E-state index contributed by atoms with van der Waals surface area (Å²) in [5.74, 6) is 1.05. The van der Waals surface area contributed by atoms with Gasteiger partial charge in [0, 0.05) is 6.42 Å². The number of halogens is 2. The minimum absolute atomic E-state index is 0.00985. The third kappa shape index (κ3) is 5.43. The number of amides is 1. The van der Waals surface area contributed by atoms with Crippen LogP contribution in [0, 0.1) is 11.8 Å². The van der Waals surface area contributed by atoms with Gasteiger partial charge in [-0.3, -0.25) is 4.79 Å². The maximum Gasteiger partial charge on any atom is 0.224 e. The monoisotopic (exact) mass is 360 g/mol. The minimum Gasteiger partial charge on any atom is -0.330 e. The highest BCUT2D eigenvalue weighted by Crippen LogP contribution is 2.30. The topological polar surface area (TPSA) is 55.1 Å². The Morgan fingerprint density at radius 3 is 2.70 bits per heavy atom. The highest BCUT2D eigenvalue weighted by molar-refractivity contribution is 9.10. The second kappa shape index (κ2) is 8.65. The van der Waals surface area contributed by atoms with Crippen molar-refractivity contribution < 1.29 is 4.79 Å². The Hall–Kier alpha value is -0.580. The lowest BCUT2D eigenvalue weighted by molar-refractivity contribution is -0.116. The van der Waals surface area contributed by atoms with Crippen LogP contribution >= 0.6 is 27.5 Å². The Labute approximate surface area is 134 Å². The molecule has 0 radical (unpaired) electrons. The number of hydrogen-bond donors (Lipinski definition) is 2. The standard InChI is InChI=1S/C15H22BrClN2O/c1-10(2)11(8-9-18)6-7-14(20)19-13-5-3-4-12(17)15(13)16/h3-5,10-11H,6-9,18H2,1-2H3,(H,19,20). The van der Waals surface area contributed by atoms with Crippen molar-refractivity contribution in [1.29, 1.82) is 0 Å². The van der Waals surface area contributed by atoms with E-state index in [1.165, 1.54) is 0 Å². The van der Waals surface area contributed by atoms with Crippen molar-refractivity contribution >= 4 is 39.1 Å². The zero-order valence-corrected chi connectivity index (χ0v) is 14.3. The number of anilines is 1. The van der Waals surface area contributed by atoms with Crippen LogP contribution in [0.3, 0.4) is 0 Å². The van der Waals surface area contributed by atoms with E-state index in [2.05, 4.69) is 35.1 Å². The average Bonchev–Trinajstić information content (AvgIpc) is 2.39. The summed E-state index contributed by atoms with van der Waals surface area (Å²) in [4.78, 5) is 12.0. The van der Waals surface area contributed by atoms with Gasteiger partial charge in [-0.1, -0.05) is 31.5 Å². The molecule has 0 bridgehead atoms. The molecule has 0 saturated carbocycles. The third-order valence-electron chi connectivity index (χ3n) is 3.45. The number of carbonyl (C=O) groups excluding carboxylic acids is 1. The molecule has 0 aliphatic rings. The second-order valence-corrected chi connectivity index (χ2v) is 6.47. The molecule has 112 valence electrons. The summed E-state index contributed by atoms with van der Waals surface area (Å²) in [6, 6.07) is 5.42. The van der Waals surface area contributed by atoms with Crippen LogP contribution in [0.25, 0.3) is 0 Å². The molecular formula is C15H22BrClN2O. The van der Waals surface area contributed by atoms with Crippen LogP contribution in [0.4, 0.5) is 5.69 Å². The van der Waals surface area contributed by atoms with Crippen molar-refractivity contribution in [2.75, 3.05) is 11.9 Å². The van der Waals surface area contributed by atoms with Gasteiger partial charge >= 0.3 is 0 Å². The van der Waals surface area contributed by atoms with E-state index in [4.69, 9.17) is 17.3 Å². The van der Waals surface area contributed by atoms with E-state index in [0.717, 1.165) is 17.3 Å². The fourth-order valence-electron chi connectivity index (χ4n) is 2.15. The lowest BCUT2D eigenvalue weighted by atomic mass is 9.88. The highest BCUT2D eigenvalue weighted by Gasteiger charge is 2.15. The molecule has 1 rings (SSSR count). The molecule has 0 fully saturated rings. The number of hydrogen-bond acceptors (Lipinski definition) is 2. The number of nitrogens with one attached hydrogen (secondary N) is 1. The summed E-state index contributed by atoms with van der Waals surface area (Å²) >= 11 is 9.37. The van der Waals surface area contributed by atoms with Gasteiger partial charge in [-0.15, -0.1) is 0 Å². The molecule has 1 aromatic carbocycles. The highest BCUT2D eigenvalue weighted by atomic mass is 79.9. The van der Waals surface area contributed by atoms with Gasteiger partial charge in [-0.25, -0.2) is 0 Å². The quantitative estimate of drug-likeness (QED) is 0.754. The van der Waals surface area contributed by atoms with Crippen molar-refractivity contribution in [3.8, 4) is 0 Å². The van der Waals surface area contributed by atoms with Gasteiger partial charge in [-0.05, 0) is 59.3 Å². The van der Waals surface area contributed by atoms with Crippen molar-refractivity contribution in [2.24, 2.45) is 17.6 Å². The number of carbonyl (C=O) groups is 1. The maximum atomic E-state index is 12.0. The first-order valence-corrected chi connectivity index (χ1v) is 8.06. The first-order valence-electron chi connectivity index (χ1n) is 6.89. The first-order chi connectivity index (χ1) is 9.45. The second-order valence-electron chi connectivity index (χ2n) is 5.27. The molecule has 0 spiro atoms. The summed E-state index contributed by atoms with van der Waals surface area (Å²) in [6.07, 6.45) is 2.33. The molecule has 20 heavy (non-hydrogen) atoms. The van der Waals surface area contributed by atoms with Gasteiger partial charge in [0.2, 0.25) is 5.91 Å². The molecule has 0 aliphatic carbocycles. The molecule has 0 heterocycles. The van der Waals surface area contributed by atoms with E-state index < -0.39 is 0 Å². The van der Waals surface area contributed by atoms with Gasteiger partial charge in [0.1, 0.15) is 0 Å². The number of rotatable bonds is 7. The fourth-order valence-corrected chi connectivity index (χ4v) is 2.69. The molecular weight excluding hydrogens is 340 g/mol. The third-order valence-corrected chi connectivity index (χ3v) is 4.85. The van der Waals surface area contributed by atoms with Crippen LogP contribution in [0.1, 0.15) is 33.1 Å². The zero-order valence-electron chi connectivity index (χ0n) is 12.0. The first kappa shape index (κ1) is 17.5. The predicted molar refractivity (Wildman–Crippen MR) is 89.0 cm³/mol. The van der Waals surface area contributed by atoms with E-state index in [9.17, 15) is 4.79 Å². The van der Waals surface area contributed by atoms with Crippen molar-refractivity contribution in [3.05, 3.63) is 27.7 Å². The van der Waals surface area contributed by atoms with Crippen molar-refractivity contribution in [1.82, 2.24) is 0 Å². The van der Waals surface area contributed by atoms with Crippen LogP contribution in [-0.2, 0) is 4.79 Å². The Morgan fingerprint density at radius 2 is 2.10 bits per heavy atom. The largest absolute Gasteiger partial charge is 0.330 e. The van der Waals surface area contributed by atoms with E-state index in [0.29, 0.717) is 35.5 Å². The summed E-state index contributed by atoms with van der Waals surface area (Å²) in [7, 11) is 0. The predicted octanol–water partition coefficient (Wildman–Crippen LogP) is 4.44. The minimum atomic E-state index is 0.00985. The molecule has 1 unspecified atom stereocenters. The molecule has 3 nitrogen and oxygen atoms in total. The van der Waals surface area contributed by atoms with E-state index in [1.807, 2.05) is 12.1 Å². The summed E-state index contributed by atoms with van der Waals surface area (Å²) in [5, 5.41) is 3.47. The Balaban J connectivity index is 2.53. The molecule has 1 amide bonds. The van der Waals surface area contributed by atoms with Crippen LogP contribution in [0.15, 0.2) is 22.7 Å². The fraction of sp³-hybridized carbons (Fsp3) is 0.533. The molecule has 1 aromatic rings. The van der Waals surface area contributed by atoms with E-state index in [-0.39, 0.29) is 5.91 Å². The molecule has 1 atom stereocenters. The van der Waals surface area contributed by atoms with Gasteiger partial charge in [0.15, 0.2) is 0 Å².